The minimum atomic E-state index is -0.724. The summed E-state index contributed by atoms with van der Waals surface area (Å²) in [7, 11) is 0. The molecule has 2 saturated carbocycles. The largest absolute Gasteiger partial charge is 0.401 e. The zero-order chi connectivity index (χ0) is 23.1. The number of carbonyl (C=O) groups is 1. The number of carbonyl (C=O) groups excluding carboxylic acids is 1. The zero-order valence-electron chi connectivity index (χ0n) is 20.1. The number of ketones is 1. The summed E-state index contributed by atoms with van der Waals surface area (Å²) in [5, 5.41) is 7.10. The summed E-state index contributed by atoms with van der Waals surface area (Å²) in [6.45, 7) is 6.87. The molecule has 33 heavy (non-hydrogen) atoms. The molecule has 8 nitrogen and oxygen atoms in total. The van der Waals surface area contributed by atoms with Crippen LogP contribution in [0.2, 0.25) is 0 Å². The molecule has 5 aliphatic rings. The third-order valence-corrected chi connectivity index (χ3v) is 8.58. The van der Waals surface area contributed by atoms with Crippen molar-refractivity contribution in [2.75, 3.05) is 39.4 Å². The van der Waals surface area contributed by atoms with Crippen molar-refractivity contribution in [3.63, 3.8) is 0 Å². The molecule has 184 valence electrons. The lowest BCUT2D eigenvalue weighted by atomic mass is 9.60. The van der Waals surface area contributed by atoms with Crippen LogP contribution in [-0.2, 0) is 14.3 Å². The number of piperazine rings is 1. The van der Waals surface area contributed by atoms with E-state index in [0.717, 1.165) is 70.5 Å². The highest BCUT2D eigenvalue weighted by atomic mass is 16.7. The Morgan fingerprint density at radius 3 is 2.64 bits per heavy atom. The van der Waals surface area contributed by atoms with Crippen molar-refractivity contribution in [1.82, 2.24) is 15.5 Å². The second-order valence-corrected chi connectivity index (χ2v) is 10.6. The van der Waals surface area contributed by atoms with Crippen LogP contribution in [0.4, 0.5) is 0 Å². The highest BCUT2D eigenvalue weighted by Crippen LogP contribution is 2.57. The van der Waals surface area contributed by atoms with E-state index >= 15 is 0 Å². The van der Waals surface area contributed by atoms with Crippen LogP contribution in [0.3, 0.4) is 0 Å². The van der Waals surface area contributed by atoms with Gasteiger partial charge in [-0.3, -0.25) is 4.79 Å². The van der Waals surface area contributed by atoms with E-state index in [1.807, 2.05) is 6.08 Å². The fraction of sp³-hybridized carbons (Fsp3) is 0.800. The lowest BCUT2D eigenvalue weighted by Crippen LogP contribution is -2.56. The molecular formula is C25H41N5O3. The molecule has 0 radical (unpaired) electrons. The smallest absolute Gasteiger partial charge is 0.181 e. The van der Waals surface area contributed by atoms with Crippen molar-refractivity contribution >= 4 is 5.78 Å². The quantitative estimate of drug-likeness (QED) is 0.472. The minimum Gasteiger partial charge on any atom is -0.401 e. The Labute approximate surface area is 197 Å². The van der Waals surface area contributed by atoms with Gasteiger partial charge in [0.05, 0.1) is 30.5 Å². The third kappa shape index (κ3) is 3.99. The third-order valence-electron chi connectivity index (χ3n) is 8.58. The Balaban J connectivity index is 1.40. The highest BCUT2D eigenvalue weighted by Gasteiger charge is 2.59. The van der Waals surface area contributed by atoms with E-state index in [1.54, 1.807) is 0 Å². The molecule has 2 atom stereocenters. The molecule has 3 spiro atoms. The summed E-state index contributed by atoms with van der Waals surface area (Å²) >= 11 is 0. The van der Waals surface area contributed by atoms with Gasteiger partial charge in [0.1, 0.15) is 0 Å². The molecule has 0 amide bonds. The SMILES string of the molecule is CCN/C(=C\C(N)C(=O)C1=C(N)[C@]2(CCCCC23OCCO3)CCC1)N1CCNC2(CC2)C1. The van der Waals surface area contributed by atoms with Crippen LogP contribution in [0.15, 0.2) is 23.2 Å². The summed E-state index contributed by atoms with van der Waals surface area (Å²) in [6.07, 6.45) is 10.7. The molecule has 2 saturated heterocycles. The highest BCUT2D eigenvalue weighted by molar-refractivity contribution is 6.01. The fourth-order valence-corrected chi connectivity index (χ4v) is 6.68. The maximum absolute atomic E-state index is 13.7. The van der Waals surface area contributed by atoms with Crippen molar-refractivity contribution in [1.29, 1.82) is 0 Å². The van der Waals surface area contributed by atoms with Gasteiger partial charge < -0.3 is 36.5 Å². The van der Waals surface area contributed by atoms with Crippen molar-refractivity contribution in [2.24, 2.45) is 16.9 Å². The van der Waals surface area contributed by atoms with Crippen LogP contribution < -0.4 is 22.1 Å². The molecule has 0 bridgehead atoms. The molecular weight excluding hydrogens is 418 g/mol. The summed E-state index contributed by atoms with van der Waals surface area (Å²) in [5.74, 6) is 0.236. The summed E-state index contributed by atoms with van der Waals surface area (Å²) in [5.41, 5.74) is 14.6. The average Bonchev–Trinajstić information content (AvgIpc) is 3.38. The fourth-order valence-electron chi connectivity index (χ4n) is 6.68. The van der Waals surface area contributed by atoms with Gasteiger partial charge in [-0.1, -0.05) is 6.42 Å². The first-order valence-electron chi connectivity index (χ1n) is 13.0. The number of hydrogen-bond acceptors (Lipinski definition) is 8. The number of rotatable bonds is 6. The van der Waals surface area contributed by atoms with Gasteiger partial charge in [0.15, 0.2) is 11.6 Å². The predicted molar refractivity (Wildman–Crippen MR) is 127 cm³/mol. The Morgan fingerprint density at radius 1 is 1.18 bits per heavy atom. The molecule has 8 heteroatoms. The second kappa shape index (κ2) is 8.87. The van der Waals surface area contributed by atoms with Gasteiger partial charge in [-0.25, -0.2) is 0 Å². The number of fused-ring (bicyclic) bond motifs is 1. The van der Waals surface area contributed by atoms with Crippen molar-refractivity contribution in [3.05, 3.63) is 23.2 Å². The van der Waals surface area contributed by atoms with E-state index in [2.05, 4.69) is 22.5 Å². The van der Waals surface area contributed by atoms with Crippen LogP contribution in [-0.4, -0.2) is 67.4 Å². The standard InChI is InChI=1S/C25H41N5O3/c1-2-28-20(30-13-12-29-23(17-30)10-11-23)16-19(26)21(31)18-6-5-8-24(22(18)27)7-3-4-9-25(24)32-14-15-33-25/h16,19,28-29H,2-15,17,26-27H2,1H3/b20-16+/t19?,24-/m0/s1. The number of nitrogens with zero attached hydrogens (tertiary/aromatic N) is 1. The Hall–Kier alpha value is -1.61. The van der Waals surface area contributed by atoms with Gasteiger partial charge in [0.25, 0.3) is 0 Å². The average molecular weight is 460 g/mol. The van der Waals surface area contributed by atoms with Gasteiger partial charge >= 0.3 is 0 Å². The predicted octanol–water partition coefficient (Wildman–Crippen LogP) is 1.47. The summed E-state index contributed by atoms with van der Waals surface area (Å²) in [6, 6.07) is -0.724. The second-order valence-electron chi connectivity index (χ2n) is 10.6. The molecule has 5 rings (SSSR count). The van der Waals surface area contributed by atoms with Gasteiger partial charge in [-0.2, -0.15) is 0 Å². The van der Waals surface area contributed by atoms with Crippen LogP contribution in [0.5, 0.6) is 0 Å². The van der Waals surface area contributed by atoms with Crippen LogP contribution in [0.25, 0.3) is 0 Å². The number of hydrogen-bond donors (Lipinski definition) is 4. The Morgan fingerprint density at radius 2 is 1.91 bits per heavy atom. The van der Waals surface area contributed by atoms with Crippen molar-refractivity contribution < 1.29 is 14.3 Å². The first-order valence-corrected chi connectivity index (χ1v) is 13.0. The molecule has 2 heterocycles. The lowest BCUT2D eigenvalue weighted by Gasteiger charge is -2.52. The maximum atomic E-state index is 13.7. The zero-order valence-corrected chi connectivity index (χ0v) is 20.1. The van der Waals surface area contributed by atoms with Gasteiger partial charge in [0, 0.05) is 49.4 Å². The Kier molecular flexibility index (Phi) is 6.22. The molecule has 0 aromatic carbocycles. The van der Waals surface area contributed by atoms with Gasteiger partial charge in [-0.05, 0) is 57.9 Å². The van der Waals surface area contributed by atoms with Crippen LogP contribution >= 0.6 is 0 Å². The monoisotopic (exact) mass is 459 g/mol. The molecule has 3 aliphatic carbocycles. The number of ether oxygens (including phenoxy) is 2. The first kappa shape index (κ1) is 23.1. The molecule has 0 aromatic heterocycles. The van der Waals surface area contributed by atoms with E-state index in [-0.39, 0.29) is 11.3 Å². The molecule has 0 aromatic rings. The first-order chi connectivity index (χ1) is 15.9. The number of Topliss-reactive ketones (excluding diaryl/α,β-unsaturated/α-hetero) is 1. The van der Waals surface area contributed by atoms with Crippen LogP contribution in [0.1, 0.15) is 64.7 Å². The van der Waals surface area contributed by atoms with E-state index in [1.165, 1.54) is 12.8 Å². The van der Waals surface area contributed by atoms with E-state index in [0.29, 0.717) is 30.9 Å². The molecule has 2 aliphatic heterocycles. The lowest BCUT2D eigenvalue weighted by molar-refractivity contribution is -0.248. The van der Waals surface area contributed by atoms with Gasteiger partial charge in [-0.15, -0.1) is 0 Å². The van der Waals surface area contributed by atoms with E-state index in [4.69, 9.17) is 20.9 Å². The van der Waals surface area contributed by atoms with Crippen molar-refractivity contribution in [2.45, 2.75) is 82.1 Å². The maximum Gasteiger partial charge on any atom is 0.181 e. The summed E-state index contributed by atoms with van der Waals surface area (Å²) in [4.78, 5) is 16.0. The molecule has 1 unspecified atom stereocenters. The molecule has 4 fully saturated rings. The number of nitrogens with one attached hydrogen (secondary N) is 2. The molecule has 6 N–H and O–H groups in total. The number of nitrogens with two attached hydrogens (primary N) is 2. The topological polar surface area (TPSA) is 115 Å². The van der Waals surface area contributed by atoms with Crippen LogP contribution in [0, 0.1) is 5.41 Å². The van der Waals surface area contributed by atoms with Crippen molar-refractivity contribution in [3.8, 4) is 0 Å². The summed E-state index contributed by atoms with van der Waals surface area (Å²) < 4.78 is 12.4. The van der Waals surface area contributed by atoms with E-state index < -0.39 is 17.2 Å². The normalized spacial score (nSPS) is 31.9. The van der Waals surface area contributed by atoms with Gasteiger partial charge in [0.2, 0.25) is 0 Å². The minimum absolute atomic E-state index is 0.0584. The van der Waals surface area contributed by atoms with E-state index in [9.17, 15) is 4.79 Å². The Bertz CT molecular complexity index is 830.